The van der Waals surface area contributed by atoms with E-state index in [9.17, 15) is 4.79 Å². The lowest BCUT2D eigenvalue weighted by Crippen LogP contribution is -2.44. The van der Waals surface area contributed by atoms with Crippen LogP contribution < -0.4 is 5.32 Å². The van der Waals surface area contributed by atoms with E-state index in [4.69, 9.17) is 16.3 Å². The predicted octanol–water partition coefficient (Wildman–Crippen LogP) is 4.14. The van der Waals surface area contributed by atoms with Gasteiger partial charge in [-0.15, -0.1) is 11.3 Å². The number of hydrogen-bond donors (Lipinski definition) is 1. The van der Waals surface area contributed by atoms with Crippen molar-refractivity contribution in [2.45, 2.75) is 52.8 Å². The zero-order valence-corrected chi connectivity index (χ0v) is 15.0. The molecule has 1 aromatic rings. The van der Waals surface area contributed by atoms with Crippen molar-refractivity contribution in [2.75, 3.05) is 13.1 Å². The quantitative estimate of drug-likeness (QED) is 0.796. The molecule has 0 saturated carbocycles. The van der Waals surface area contributed by atoms with E-state index in [2.05, 4.69) is 5.32 Å². The number of carbonyl (C=O) groups excluding carboxylic acids is 1. The van der Waals surface area contributed by atoms with E-state index in [1.54, 1.807) is 16.2 Å². The Morgan fingerprint density at radius 1 is 1.43 bits per heavy atom. The summed E-state index contributed by atoms with van der Waals surface area (Å²) in [6, 6.07) is 4.01. The molecular formula is C15H25ClN2O2S. The summed E-state index contributed by atoms with van der Waals surface area (Å²) in [5.41, 5.74) is -0.467. The highest BCUT2D eigenvalue weighted by molar-refractivity contribution is 7.16. The fourth-order valence-corrected chi connectivity index (χ4v) is 2.80. The van der Waals surface area contributed by atoms with Crippen molar-refractivity contribution in [3.8, 4) is 0 Å². The number of ether oxygens (including phenoxy) is 1. The molecule has 0 bridgehead atoms. The molecule has 120 valence electrons. The zero-order chi connectivity index (χ0) is 16.0. The number of thiophene rings is 1. The van der Waals surface area contributed by atoms with Gasteiger partial charge >= 0.3 is 6.09 Å². The minimum Gasteiger partial charge on any atom is -0.444 e. The van der Waals surface area contributed by atoms with E-state index < -0.39 is 5.60 Å². The van der Waals surface area contributed by atoms with Crippen LogP contribution in [0.15, 0.2) is 12.1 Å². The molecule has 0 fully saturated rings. The lowest BCUT2D eigenvalue weighted by molar-refractivity contribution is 0.0193. The average molecular weight is 333 g/mol. The second-order valence-corrected chi connectivity index (χ2v) is 7.95. The van der Waals surface area contributed by atoms with E-state index in [-0.39, 0.29) is 12.1 Å². The standard InChI is InChI=1S/C15H25ClN2O2S/c1-11(2)18(14(19)20-15(3,4)5)9-8-17-10-12-6-7-13(16)21-12/h6-7,11,17H,8-10H2,1-5H3. The van der Waals surface area contributed by atoms with Gasteiger partial charge in [0.05, 0.1) is 4.34 Å². The van der Waals surface area contributed by atoms with Gasteiger partial charge in [0.2, 0.25) is 0 Å². The minimum atomic E-state index is -0.467. The fourth-order valence-electron chi connectivity index (χ4n) is 1.74. The first-order valence-electron chi connectivity index (χ1n) is 7.13. The van der Waals surface area contributed by atoms with Crippen LogP contribution in [0.5, 0.6) is 0 Å². The predicted molar refractivity (Wildman–Crippen MR) is 89.1 cm³/mol. The van der Waals surface area contributed by atoms with Gasteiger partial charge in [0.1, 0.15) is 5.60 Å². The number of rotatable bonds is 6. The Hall–Kier alpha value is -0.780. The Morgan fingerprint density at radius 2 is 2.10 bits per heavy atom. The fraction of sp³-hybridized carbons (Fsp3) is 0.667. The largest absolute Gasteiger partial charge is 0.444 e. The van der Waals surface area contributed by atoms with Gasteiger partial charge in [-0.05, 0) is 46.8 Å². The van der Waals surface area contributed by atoms with Crippen LogP contribution in [0.2, 0.25) is 4.34 Å². The molecule has 6 heteroatoms. The summed E-state index contributed by atoms with van der Waals surface area (Å²) < 4.78 is 6.22. The van der Waals surface area contributed by atoms with Crippen LogP contribution in [0.1, 0.15) is 39.5 Å². The molecule has 1 N–H and O–H groups in total. The summed E-state index contributed by atoms with van der Waals surface area (Å²) in [4.78, 5) is 15.1. The van der Waals surface area contributed by atoms with Crippen LogP contribution in [-0.2, 0) is 11.3 Å². The molecule has 0 aliphatic heterocycles. The van der Waals surface area contributed by atoms with Gasteiger partial charge in [-0.1, -0.05) is 11.6 Å². The maximum Gasteiger partial charge on any atom is 0.410 e. The normalized spacial score (nSPS) is 11.8. The van der Waals surface area contributed by atoms with Crippen LogP contribution in [0.3, 0.4) is 0 Å². The highest BCUT2D eigenvalue weighted by Crippen LogP contribution is 2.20. The molecule has 1 rings (SSSR count). The Balaban J connectivity index is 2.39. The number of nitrogens with zero attached hydrogens (tertiary/aromatic N) is 1. The molecule has 0 unspecified atom stereocenters. The second kappa shape index (κ2) is 8.01. The Labute approximate surface area is 136 Å². The third kappa shape index (κ3) is 7.16. The number of carbonyl (C=O) groups is 1. The van der Waals surface area contributed by atoms with Crippen LogP contribution in [0, 0.1) is 0 Å². The summed E-state index contributed by atoms with van der Waals surface area (Å²) >= 11 is 7.45. The van der Waals surface area contributed by atoms with E-state index >= 15 is 0 Å². The maximum atomic E-state index is 12.1. The average Bonchev–Trinajstić information content (AvgIpc) is 2.71. The molecule has 1 amide bonds. The van der Waals surface area contributed by atoms with E-state index in [0.717, 1.165) is 10.9 Å². The number of halogens is 1. The van der Waals surface area contributed by atoms with Crippen molar-refractivity contribution in [2.24, 2.45) is 0 Å². The summed E-state index contributed by atoms with van der Waals surface area (Å²) in [5, 5.41) is 3.32. The first-order valence-corrected chi connectivity index (χ1v) is 8.33. The third-order valence-corrected chi connectivity index (χ3v) is 3.94. The molecule has 0 aromatic carbocycles. The van der Waals surface area contributed by atoms with Crippen molar-refractivity contribution in [1.82, 2.24) is 10.2 Å². The lowest BCUT2D eigenvalue weighted by atomic mass is 10.2. The molecule has 0 aliphatic carbocycles. The SMILES string of the molecule is CC(C)N(CCNCc1ccc(Cl)s1)C(=O)OC(C)(C)C. The molecule has 21 heavy (non-hydrogen) atoms. The lowest BCUT2D eigenvalue weighted by Gasteiger charge is -2.30. The Kier molecular flexibility index (Phi) is 6.97. The van der Waals surface area contributed by atoms with Crippen molar-refractivity contribution in [3.63, 3.8) is 0 Å². The molecule has 0 aliphatic rings. The topological polar surface area (TPSA) is 41.6 Å². The molecule has 1 aromatic heterocycles. The van der Waals surface area contributed by atoms with Gasteiger partial charge in [-0.25, -0.2) is 4.79 Å². The van der Waals surface area contributed by atoms with Crippen molar-refractivity contribution in [1.29, 1.82) is 0 Å². The summed E-state index contributed by atoms with van der Waals surface area (Å²) in [6.07, 6.45) is -0.265. The van der Waals surface area contributed by atoms with Gasteiger partial charge in [0.15, 0.2) is 0 Å². The van der Waals surface area contributed by atoms with Crippen LogP contribution in [0.4, 0.5) is 4.79 Å². The highest BCUT2D eigenvalue weighted by atomic mass is 35.5. The zero-order valence-electron chi connectivity index (χ0n) is 13.4. The first kappa shape index (κ1) is 18.3. The van der Waals surface area contributed by atoms with Crippen molar-refractivity contribution < 1.29 is 9.53 Å². The molecular weight excluding hydrogens is 308 g/mol. The monoisotopic (exact) mass is 332 g/mol. The van der Waals surface area contributed by atoms with Gasteiger partial charge in [-0.2, -0.15) is 0 Å². The summed E-state index contributed by atoms with van der Waals surface area (Å²) in [7, 11) is 0. The Morgan fingerprint density at radius 3 is 2.57 bits per heavy atom. The molecule has 0 saturated heterocycles. The van der Waals surface area contributed by atoms with Gasteiger partial charge in [0.25, 0.3) is 0 Å². The van der Waals surface area contributed by atoms with Crippen LogP contribution >= 0.6 is 22.9 Å². The van der Waals surface area contributed by atoms with Gasteiger partial charge < -0.3 is 15.0 Å². The molecule has 0 spiro atoms. The summed E-state index contributed by atoms with van der Waals surface area (Å²) in [6.45, 7) is 11.7. The number of nitrogens with one attached hydrogen (secondary N) is 1. The molecule has 0 atom stereocenters. The third-order valence-electron chi connectivity index (χ3n) is 2.71. The number of amides is 1. The first-order chi connectivity index (χ1) is 9.69. The molecule has 1 heterocycles. The van der Waals surface area contributed by atoms with E-state index in [1.807, 2.05) is 46.8 Å². The smallest absolute Gasteiger partial charge is 0.410 e. The minimum absolute atomic E-state index is 0.109. The highest BCUT2D eigenvalue weighted by Gasteiger charge is 2.23. The number of hydrogen-bond acceptors (Lipinski definition) is 4. The molecule has 0 radical (unpaired) electrons. The van der Waals surface area contributed by atoms with E-state index in [1.165, 1.54) is 4.88 Å². The van der Waals surface area contributed by atoms with Crippen LogP contribution in [0.25, 0.3) is 0 Å². The van der Waals surface area contributed by atoms with Crippen molar-refractivity contribution in [3.05, 3.63) is 21.3 Å². The van der Waals surface area contributed by atoms with E-state index in [0.29, 0.717) is 13.1 Å². The molecule has 4 nitrogen and oxygen atoms in total. The summed E-state index contributed by atoms with van der Waals surface area (Å²) in [5.74, 6) is 0. The van der Waals surface area contributed by atoms with Gasteiger partial charge in [-0.3, -0.25) is 0 Å². The van der Waals surface area contributed by atoms with Gasteiger partial charge in [0, 0.05) is 30.6 Å². The Bertz CT molecular complexity index is 455. The maximum absolute atomic E-state index is 12.1. The second-order valence-electron chi connectivity index (χ2n) is 6.15. The van der Waals surface area contributed by atoms with Crippen molar-refractivity contribution >= 4 is 29.0 Å². The van der Waals surface area contributed by atoms with Crippen LogP contribution in [-0.4, -0.2) is 35.7 Å².